The molecule has 0 bridgehead atoms. The summed E-state index contributed by atoms with van der Waals surface area (Å²) in [5.74, 6) is 1.92. The lowest BCUT2D eigenvalue weighted by molar-refractivity contribution is -0.596. The molecule has 0 atom stereocenters. The van der Waals surface area contributed by atoms with E-state index < -0.39 is 0 Å². The number of para-hydroxylation sites is 2. The van der Waals surface area contributed by atoms with Gasteiger partial charge in [0.25, 0.3) is 6.33 Å². The molecule has 0 aliphatic rings. The topological polar surface area (TPSA) is 8.81 Å². The number of hydrogen-bond acceptors (Lipinski definition) is 0. The van der Waals surface area contributed by atoms with Crippen LogP contribution in [0.4, 0.5) is 0 Å². The Morgan fingerprint density at radius 3 is 1.43 bits per heavy atom. The smallest absolute Gasteiger partial charge is 0.254 e. The summed E-state index contributed by atoms with van der Waals surface area (Å²) >= 11 is 0. The summed E-state index contributed by atoms with van der Waals surface area (Å²) in [5, 5.41) is 0. The first-order valence-electron chi connectivity index (χ1n) is 11.1. The number of benzene rings is 2. The van der Waals surface area contributed by atoms with Crippen LogP contribution in [0.3, 0.4) is 0 Å². The molecule has 0 fully saturated rings. The van der Waals surface area contributed by atoms with Gasteiger partial charge in [-0.3, -0.25) is 0 Å². The molecular formula is C27H37ClN2. The highest BCUT2D eigenvalue weighted by molar-refractivity contribution is 5.51. The van der Waals surface area contributed by atoms with E-state index >= 15 is 0 Å². The molecule has 30 heavy (non-hydrogen) atoms. The molecule has 2 nitrogen and oxygen atoms in total. The highest BCUT2D eigenvalue weighted by atomic mass is 35.5. The van der Waals surface area contributed by atoms with Crippen molar-refractivity contribution in [2.75, 3.05) is 0 Å². The third-order valence-corrected chi connectivity index (χ3v) is 5.84. The molecule has 3 rings (SSSR count). The zero-order valence-electron chi connectivity index (χ0n) is 19.8. The van der Waals surface area contributed by atoms with E-state index in [0.29, 0.717) is 23.7 Å². The Bertz CT molecular complexity index is 850. The van der Waals surface area contributed by atoms with Crippen molar-refractivity contribution in [3.05, 3.63) is 77.4 Å². The lowest BCUT2D eigenvalue weighted by atomic mass is 9.92. The summed E-state index contributed by atoms with van der Waals surface area (Å²) < 4.78 is 4.65. The molecule has 1 heterocycles. The van der Waals surface area contributed by atoms with Crippen LogP contribution in [0.1, 0.15) is 101 Å². The Hall–Kier alpha value is -2.06. The lowest BCUT2D eigenvalue weighted by Gasteiger charge is -2.17. The minimum atomic E-state index is 0. The Kier molecular flexibility index (Phi) is 7.93. The Morgan fingerprint density at radius 2 is 1.03 bits per heavy atom. The summed E-state index contributed by atoms with van der Waals surface area (Å²) in [7, 11) is 0. The maximum atomic E-state index is 2.33. The largest absolute Gasteiger partial charge is 1.00 e. The van der Waals surface area contributed by atoms with E-state index in [2.05, 4.69) is 120 Å². The van der Waals surface area contributed by atoms with Crippen LogP contribution >= 0.6 is 0 Å². The van der Waals surface area contributed by atoms with E-state index in [1.165, 1.54) is 33.6 Å². The van der Waals surface area contributed by atoms with Crippen LogP contribution < -0.4 is 17.0 Å². The molecule has 0 N–H and O–H groups in total. The Labute approximate surface area is 189 Å². The third kappa shape index (κ3) is 4.64. The van der Waals surface area contributed by atoms with Crippen LogP contribution in [0.2, 0.25) is 0 Å². The monoisotopic (exact) mass is 424 g/mol. The van der Waals surface area contributed by atoms with Crippen LogP contribution in [0.15, 0.2) is 55.1 Å². The average molecular weight is 425 g/mol. The second-order valence-corrected chi connectivity index (χ2v) is 9.42. The van der Waals surface area contributed by atoms with Gasteiger partial charge in [0.2, 0.25) is 0 Å². The number of hydrogen-bond donors (Lipinski definition) is 0. The highest BCUT2D eigenvalue weighted by Gasteiger charge is 2.23. The van der Waals surface area contributed by atoms with Gasteiger partial charge in [0.1, 0.15) is 23.8 Å². The summed E-state index contributed by atoms with van der Waals surface area (Å²) in [4.78, 5) is 0. The van der Waals surface area contributed by atoms with Gasteiger partial charge in [-0.1, -0.05) is 91.8 Å². The molecule has 1 aromatic heterocycles. The normalized spacial score (nSPS) is 11.6. The van der Waals surface area contributed by atoms with Gasteiger partial charge in [-0.2, -0.15) is 0 Å². The number of imidazole rings is 1. The zero-order valence-corrected chi connectivity index (χ0v) is 20.5. The van der Waals surface area contributed by atoms with Crippen molar-refractivity contribution in [3.63, 3.8) is 0 Å². The van der Waals surface area contributed by atoms with E-state index in [9.17, 15) is 0 Å². The van der Waals surface area contributed by atoms with E-state index in [1.807, 2.05) is 0 Å². The maximum Gasteiger partial charge on any atom is 0.254 e. The standard InChI is InChI=1S/C27H37N2.ClH/c1-18(2)22-11-9-12-23(19(3)4)26(22)28-15-16-29(17-28)27-24(20(5)6)13-10-14-25(27)21(7)8;/h9-21H,1-8H3;1H/q+1;/p-1. The molecule has 0 saturated heterocycles. The zero-order chi connectivity index (χ0) is 21.3. The molecule has 2 aromatic carbocycles. The molecule has 0 saturated carbocycles. The van der Waals surface area contributed by atoms with E-state index in [1.54, 1.807) is 0 Å². The fourth-order valence-corrected chi connectivity index (χ4v) is 4.24. The second-order valence-electron chi connectivity index (χ2n) is 9.42. The predicted octanol–water partition coefficient (Wildman–Crippen LogP) is 4.25. The van der Waals surface area contributed by atoms with Crippen molar-refractivity contribution in [2.45, 2.75) is 79.1 Å². The van der Waals surface area contributed by atoms with Gasteiger partial charge >= 0.3 is 0 Å². The summed E-state index contributed by atoms with van der Waals surface area (Å²) in [6, 6.07) is 13.5. The van der Waals surface area contributed by atoms with Gasteiger partial charge in [0, 0.05) is 22.3 Å². The quantitative estimate of drug-likeness (QED) is 0.523. The third-order valence-electron chi connectivity index (χ3n) is 5.84. The van der Waals surface area contributed by atoms with Gasteiger partial charge < -0.3 is 12.4 Å². The van der Waals surface area contributed by atoms with Crippen LogP contribution in [0.25, 0.3) is 11.4 Å². The van der Waals surface area contributed by atoms with Gasteiger partial charge in [-0.15, -0.1) is 0 Å². The van der Waals surface area contributed by atoms with Crippen LogP contribution in [0, 0.1) is 0 Å². The van der Waals surface area contributed by atoms with Crippen molar-refractivity contribution in [1.29, 1.82) is 0 Å². The Balaban J connectivity index is 0.00000320. The van der Waals surface area contributed by atoms with Gasteiger partial charge in [0.05, 0.1) is 0 Å². The van der Waals surface area contributed by atoms with Crippen LogP contribution in [-0.4, -0.2) is 4.57 Å². The first kappa shape index (κ1) is 24.2. The maximum absolute atomic E-state index is 2.33. The van der Waals surface area contributed by atoms with Gasteiger partial charge in [-0.25, -0.2) is 9.13 Å². The van der Waals surface area contributed by atoms with Gasteiger partial charge in [-0.05, 0) is 23.7 Å². The highest BCUT2D eigenvalue weighted by Crippen LogP contribution is 2.32. The molecule has 0 unspecified atom stereocenters. The van der Waals surface area contributed by atoms with Crippen LogP contribution in [-0.2, 0) is 0 Å². The van der Waals surface area contributed by atoms with E-state index in [-0.39, 0.29) is 12.4 Å². The predicted molar refractivity (Wildman–Crippen MR) is 124 cm³/mol. The average Bonchev–Trinajstić information content (AvgIpc) is 3.15. The molecule has 3 aromatic rings. The van der Waals surface area contributed by atoms with Crippen molar-refractivity contribution in [2.24, 2.45) is 0 Å². The first-order chi connectivity index (χ1) is 13.7. The molecule has 0 spiro atoms. The minimum absolute atomic E-state index is 0. The van der Waals surface area contributed by atoms with E-state index in [0.717, 1.165) is 0 Å². The minimum Gasteiger partial charge on any atom is -1.00 e. The van der Waals surface area contributed by atoms with E-state index in [4.69, 9.17) is 0 Å². The fraction of sp³-hybridized carbons (Fsp3) is 0.444. The molecule has 3 heteroatoms. The molecular weight excluding hydrogens is 388 g/mol. The molecule has 162 valence electrons. The second kappa shape index (κ2) is 9.83. The van der Waals surface area contributed by atoms with Crippen molar-refractivity contribution in [1.82, 2.24) is 4.57 Å². The van der Waals surface area contributed by atoms with Crippen molar-refractivity contribution >= 4 is 0 Å². The number of halogens is 1. The first-order valence-corrected chi connectivity index (χ1v) is 11.1. The van der Waals surface area contributed by atoms with Crippen molar-refractivity contribution in [3.8, 4) is 11.4 Å². The van der Waals surface area contributed by atoms with Gasteiger partial charge in [0.15, 0.2) is 0 Å². The Morgan fingerprint density at radius 1 is 0.633 bits per heavy atom. The molecule has 0 radical (unpaired) electrons. The summed E-state index contributed by atoms with van der Waals surface area (Å²) in [6.07, 6.45) is 6.70. The molecule has 0 aliphatic heterocycles. The molecule has 0 amide bonds. The van der Waals surface area contributed by atoms with Crippen molar-refractivity contribution < 1.29 is 17.0 Å². The summed E-state index contributed by atoms with van der Waals surface area (Å²) in [6.45, 7) is 18.3. The number of aromatic nitrogens is 2. The molecule has 0 aliphatic carbocycles. The van der Waals surface area contributed by atoms with Crippen LogP contribution in [0.5, 0.6) is 0 Å². The lowest BCUT2D eigenvalue weighted by Crippen LogP contribution is -3.00. The number of nitrogens with zero attached hydrogens (tertiary/aromatic N) is 2. The SMILES string of the molecule is CC(C)c1cccc(C(C)C)c1-n1cc[n+](-c2c(C(C)C)cccc2C(C)C)c1.[Cl-]. The fourth-order valence-electron chi connectivity index (χ4n) is 4.24. The number of rotatable bonds is 6. The summed E-state index contributed by atoms with van der Waals surface area (Å²) in [5.41, 5.74) is 8.29.